The van der Waals surface area contributed by atoms with E-state index in [0.29, 0.717) is 0 Å². The number of halogens is 1. The molecule has 0 spiro atoms. The molecule has 0 saturated carbocycles. The van der Waals surface area contributed by atoms with Crippen LogP contribution in [0.5, 0.6) is 5.88 Å². The Hall–Kier alpha value is -0.820. The van der Waals surface area contributed by atoms with Gasteiger partial charge in [0, 0.05) is 10.7 Å². The molecule has 0 aliphatic rings. The number of hydrogen-bond donors (Lipinski definition) is 0. The molecule has 0 bridgehead atoms. The van der Waals surface area contributed by atoms with Crippen LogP contribution in [-0.2, 0) is 9.05 Å². The number of nitrogens with zero attached hydrogens (tertiary/aromatic N) is 2. The molecule has 1 heterocycles. The lowest BCUT2D eigenvalue weighted by molar-refractivity contribution is 0.279. The SMILES string of the molecule is COc1nonc1S(=O)(=O)Cl. The first-order chi connectivity index (χ1) is 5.05. The van der Waals surface area contributed by atoms with Crippen LogP contribution >= 0.6 is 10.7 Å². The maximum absolute atomic E-state index is 10.6. The first kappa shape index (κ1) is 8.28. The van der Waals surface area contributed by atoms with Crippen LogP contribution in [0.1, 0.15) is 0 Å². The summed E-state index contributed by atoms with van der Waals surface area (Å²) in [7, 11) is 2.22. The Morgan fingerprint density at radius 1 is 1.55 bits per heavy atom. The number of rotatable bonds is 2. The lowest BCUT2D eigenvalue weighted by atomic mass is 10.8. The van der Waals surface area contributed by atoms with Crippen molar-refractivity contribution in [1.82, 2.24) is 10.3 Å². The van der Waals surface area contributed by atoms with Crippen molar-refractivity contribution in [1.29, 1.82) is 0 Å². The molecule has 11 heavy (non-hydrogen) atoms. The highest BCUT2D eigenvalue weighted by Gasteiger charge is 2.23. The molecule has 0 amide bonds. The minimum atomic E-state index is -3.92. The van der Waals surface area contributed by atoms with Gasteiger partial charge in [0.25, 0.3) is 20.0 Å². The zero-order valence-electron chi connectivity index (χ0n) is 5.31. The summed E-state index contributed by atoms with van der Waals surface area (Å²) in [6.07, 6.45) is 0. The second-order valence-corrected chi connectivity index (χ2v) is 4.00. The van der Waals surface area contributed by atoms with Gasteiger partial charge < -0.3 is 4.74 Å². The van der Waals surface area contributed by atoms with Gasteiger partial charge in [-0.2, -0.15) is 0 Å². The molecular formula is C3H3ClN2O4S. The quantitative estimate of drug-likeness (QED) is 0.623. The summed E-state index contributed by atoms with van der Waals surface area (Å²) in [6, 6.07) is 0. The summed E-state index contributed by atoms with van der Waals surface area (Å²) in [5, 5.41) is 5.64. The standard InChI is InChI=1S/C3H3ClN2O4S/c1-9-2-3(6-10-5-2)11(4,7)8/h1H3. The highest BCUT2D eigenvalue weighted by atomic mass is 35.7. The molecule has 0 aliphatic carbocycles. The fraction of sp³-hybridized carbons (Fsp3) is 0.333. The topological polar surface area (TPSA) is 82.3 Å². The van der Waals surface area contributed by atoms with Gasteiger partial charge in [0.15, 0.2) is 0 Å². The van der Waals surface area contributed by atoms with Crippen molar-refractivity contribution in [3.63, 3.8) is 0 Å². The molecule has 0 aliphatic heterocycles. The van der Waals surface area contributed by atoms with Crippen molar-refractivity contribution in [2.75, 3.05) is 7.11 Å². The molecule has 8 heteroatoms. The zero-order valence-corrected chi connectivity index (χ0v) is 6.89. The molecule has 0 fully saturated rings. The molecule has 1 aromatic heterocycles. The molecule has 0 saturated heterocycles. The molecular weight excluding hydrogens is 196 g/mol. The van der Waals surface area contributed by atoms with E-state index in [4.69, 9.17) is 10.7 Å². The number of aromatic nitrogens is 2. The number of methoxy groups -OCH3 is 1. The summed E-state index contributed by atoms with van der Waals surface area (Å²) < 4.78 is 29.7. The monoisotopic (exact) mass is 198 g/mol. The summed E-state index contributed by atoms with van der Waals surface area (Å²) >= 11 is 0. The Morgan fingerprint density at radius 3 is 2.55 bits per heavy atom. The smallest absolute Gasteiger partial charge is 0.296 e. The Kier molecular flexibility index (Phi) is 2.01. The maximum Gasteiger partial charge on any atom is 0.296 e. The molecule has 6 nitrogen and oxygen atoms in total. The highest BCUT2D eigenvalue weighted by molar-refractivity contribution is 8.13. The van der Waals surface area contributed by atoms with Crippen LogP contribution in [0.4, 0.5) is 0 Å². The van der Waals surface area contributed by atoms with Gasteiger partial charge in [-0.3, -0.25) is 0 Å². The molecule has 0 radical (unpaired) electrons. The largest absolute Gasteiger partial charge is 0.477 e. The van der Waals surface area contributed by atoms with E-state index in [1.165, 1.54) is 7.11 Å². The van der Waals surface area contributed by atoms with Crippen LogP contribution in [0.25, 0.3) is 0 Å². The van der Waals surface area contributed by atoms with E-state index in [9.17, 15) is 8.42 Å². The molecule has 0 unspecified atom stereocenters. The minimum absolute atomic E-state index is 0.250. The van der Waals surface area contributed by atoms with Crippen molar-refractivity contribution in [2.45, 2.75) is 5.03 Å². The maximum atomic E-state index is 10.6. The molecule has 1 rings (SSSR count). The number of hydrogen-bond acceptors (Lipinski definition) is 6. The van der Waals surface area contributed by atoms with E-state index in [1.807, 2.05) is 0 Å². The van der Waals surface area contributed by atoms with Gasteiger partial charge in [0.2, 0.25) is 0 Å². The normalized spacial score (nSPS) is 11.5. The van der Waals surface area contributed by atoms with Crippen LogP contribution in [0.15, 0.2) is 9.65 Å². The zero-order chi connectivity index (χ0) is 8.48. The van der Waals surface area contributed by atoms with E-state index >= 15 is 0 Å². The van der Waals surface area contributed by atoms with E-state index in [1.54, 1.807) is 0 Å². The third kappa shape index (κ3) is 1.60. The van der Waals surface area contributed by atoms with Crippen molar-refractivity contribution in [2.24, 2.45) is 0 Å². The summed E-state index contributed by atoms with van der Waals surface area (Å²) in [5.41, 5.74) is 0. The second-order valence-electron chi connectivity index (χ2n) is 1.52. The van der Waals surface area contributed by atoms with Gasteiger partial charge in [-0.25, -0.2) is 13.0 Å². The van der Waals surface area contributed by atoms with E-state index < -0.39 is 14.1 Å². The minimum Gasteiger partial charge on any atom is -0.477 e. The van der Waals surface area contributed by atoms with Gasteiger partial charge >= 0.3 is 0 Å². The fourth-order valence-corrected chi connectivity index (χ4v) is 1.18. The first-order valence-electron chi connectivity index (χ1n) is 2.37. The van der Waals surface area contributed by atoms with Crippen molar-refractivity contribution in [3.8, 4) is 5.88 Å². The third-order valence-electron chi connectivity index (χ3n) is 0.855. The van der Waals surface area contributed by atoms with E-state index in [0.717, 1.165) is 0 Å². The van der Waals surface area contributed by atoms with Crippen LogP contribution in [0, 0.1) is 0 Å². The fourth-order valence-electron chi connectivity index (χ4n) is 0.446. The van der Waals surface area contributed by atoms with Crippen molar-refractivity contribution in [3.05, 3.63) is 0 Å². The first-order valence-corrected chi connectivity index (χ1v) is 4.68. The second kappa shape index (κ2) is 2.67. The van der Waals surface area contributed by atoms with Crippen molar-refractivity contribution < 1.29 is 17.8 Å². The average molecular weight is 199 g/mol. The van der Waals surface area contributed by atoms with Crippen LogP contribution in [0.2, 0.25) is 0 Å². The van der Waals surface area contributed by atoms with Gasteiger partial charge in [0.05, 0.1) is 7.11 Å². The average Bonchev–Trinajstić information content (AvgIpc) is 2.31. The number of ether oxygens (including phenoxy) is 1. The lowest BCUT2D eigenvalue weighted by Crippen LogP contribution is -1.94. The van der Waals surface area contributed by atoms with Gasteiger partial charge in [-0.15, -0.1) is 0 Å². The predicted molar refractivity (Wildman–Crippen MR) is 33.9 cm³/mol. The van der Waals surface area contributed by atoms with Crippen LogP contribution in [-0.4, -0.2) is 25.8 Å². The molecule has 0 aromatic carbocycles. The summed E-state index contributed by atoms with van der Waals surface area (Å²) in [4.78, 5) is 0. The Labute approximate surface area is 66.5 Å². The summed E-state index contributed by atoms with van der Waals surface area (Å²) in [5.74, 6) is -0.250. The van der Waals surface area contributed by atoms with E-state index in [-0.39, 0.29) is 5.88 Å². The van der Waals surface area contributed by atoms with Crippen LogP contribution < -0.4 is 4.74 Å². The molecule has 1 aromatic rings. The Morgan fingerprint density at radius 2 is 2.18 bits per heavy atom. The molecule has 0 N–H and O–H groups in total. The van der Waals surface area contributed by atoms with Gasteiger partial charge in [0.1, 0.15) is 0 Å². The Bertz CT molecular complexity index is 344. The van der Waals surface area contributed by atoms with Gasteiger partial charge in [-0.05, 0) is 10.3 Å². The van der Waals surface area contributed by atoms with Crippen LogP contribution in [0.3, 0.4) is 0 Å². The lowest BCUT2D eigenvalue weighted by Gasteiger charge is -1.90. The summed E-state index contributed by atoms with van der Waals surface area (Å²) in [6.45, 7) is 0. The van der Waals surface area contributed by atoms with Crippen molar-refractivity contribution >= 4 is 19.7 Å². The van der Waals surface area contributed by atoms with Gasteiger partial charge in [-0.1, -0.05) is 0 Å². The third-order valence-corrected chi connectivity index (χ3v) is 2.00. The van der Waals surface area contributed by atoms with E-state index in [2.05, 4.69) is 19.7 Å². The predicted octanol–water partition coefficient (Wildman–Crippen LogP) is 0.00570. The Balaban J connectivity index is 3.24. The molecule has 0 atom stereocenters. The molecule has 62 valence electrons. The highest BCUT2D eigenvalue weighted by Crippen LogP contribution is 2.21.